The van der Waals surface area contributed by atoms with Crippen LogP contribution in [0.2, 0.25) is 0 Å². The molecule has 1 aromatic rings. The third-order valence-electron chi connectivity index (χ3n) is 1.79. The molecule has 0 aromatic heterocycles. The summed E-state index contributed by atoms with van der Waals surface area (Å²) in [6.45, 7) is 0. The minimum Gasteiger partial charge on any atom is -0.478 e. The van der Waals surface area contributed by atoms with Crippen LogP contribution in [0, 0.1) is 0 Å². The van der Waals surface area contributed by atoms with Gasteiger partial charge in [0, 0.05) is 11.8 Å². The summed E-state index contributed by atoms with van der Waals surface area (Å²) in [6.07, 6.45) is -3.04. The molecular weight excluding hydrogens is 223 g/mol. The molecular formula is C10H8F3NO2. The number of hydrogen-bond donors (Lipinski definition) is 2. The van der Waals surface area contributed by atoms with E-state index in [0.29, 0.717) is 6.08 Å². The summed E-state index contributed by atoms with van der Waals surface area (Å²) in [7, 11) is 0. The number of benzene rings is 1. The molecule has 1 rings (SSSR count). The lowest BCUT2D eigenvalue weighted by molar-refractivity contribution is -0.137. The van der Waals surface area contributed by atoms with Gasteiger partial charge >= 0.3 is 12.1 Å². The third-order valence-corrected chi connectivity index (χ3v) is 1.79. The lowest BCUT2D eigenvalue weighted by atomic mass is 10.1. The van der Waals surface area contributed by atoms with E-state index in [0.717, 1.165) is 18.2 Å². The normalized spacial score (nSPS) is 11.9. The zero-order valence-corrected chi connectivity index (χ0v) is 7.95. The average Bonchev–Trinajstić information content (AvgIpc) is 2.14. The van der Waals surface area contributed by atoms with Crippen molar-refractivity contribution in [3.8, 4) is 0 Å². The average molecular weight is 231 g/mol. The van der Waals surface area contributed by atoms with Gasteiger partial charge in [-0.1, -0.05) is 6.07 Å². The molecule has 0 aliphatic carbocycles. The molecule has 0 amide bonds. The Hall–Kier alpha value is -1.98. The van der Waals surface area contributed by atoms with E-state index in [-0.39, 0.29) is 11.3 Å². The number of aliphatic carboxylic acids is 1. The predicted octanol–water partition coefficient (Wildman–Crippen LogP) is 2.39. The van der Waals surface area contributed by atoms with Crippen LogP contribution in [0.15, 0.2) is 24.3 Å². The maximum Gasteiger partial charge on any atom is 0.417 e. The minimum atomic E-state index is -4.56. The summed E-state index contributed by atoms with van der Waals surface area (Å²) >= 11 is 0. The first-order valence-corrected chi connectivity index (χ1v) is 4.18. The second kappa shape index (κ2) is 4.26. The molecule has 0 radical (unpaired) electrons. The zero-order chi connectivity index (χ0) is 12.3. The van der Waals surface area contributed by atoms with Crippen LogP contribution < -0.4 is 5.73 Å². The van der Waals surface area contributed by atoms with E-state index in [4.69, 9.17) is 10.8 Å². The predicted molar refractivity (Wildman–Crippen MR) is 52.5 cm³/mol. The molecule has 0 aliphatic rings. The summed E-state index contributed by atoms with van der Waals surface area (Å²) in [5.74, 6) is -1.31. The van der Waals surface area contributed by atoms with Crippen LogP contribution >= 0.6 is 0 Å². The molecule has 0 saturated carbocycles. The number of halogens is 3. The van der Waals surface area contributed by atoms with E-state index in [2.05, 4.69) is 0 Å². The van der Waals surface area contributed by atoms with Gasteiger partial charge in [0.25, 0.3) is 0 Å². The number of hydrogen-bond acceptors (Lipinski definition) is 2. The molecule has 16 heavy (non-hydrogen) atoms. The molecule has 0 spiro atoms. The van der Waals surface area contributed by atoms with Gasteiger partial charge in [-0.25, -0.2) is 4.79 Å². The van der Waals surface area contributed by atoms with Crippen LogP contribution in [0.1, 0.15) is 11.1 Å². The number of rotatable bonds is 2. The topological polar surface area (TPSA) is 63.3 Å². The molecule has 0 aliphatic heterocycles. The molecule has 0 unspecified atom stereocenters. The van der Waals surface area contributed by atoms with Gasteiger partial charge in [-0.15, -0.1) is 0 Å². The standard InChI is InChI=1S/C10H8F3NO2/c11-10(12,13)8-5-7(14)3-1-6(8)2-4-9(15)16/h1-5H,14H2,(H,15,16). The fourth-order valence-electron chi connectivity index (χ4n) is 1.13. The lowest BCUT2D eigenvalue weighted by Crippen LogP contribution is -2.08. The highest BCUT2D eigenvalue weighted by molar-refractivity contribution is 5.85. The number of anilines is 1. The highest BCUT2D eigenvalue weighted by Gasteiger charge is 2.32. The Bertz CT molecular complexity index is 438. The van der Waals surface area contributed by atoms with Crippen molar-refractivity contribution >= 4 is 17.7 Å². The number of nitrogens with two attached hydrogens (primary N) is 1. The Morgan fingerprint density at radius 3 is 2.50 bits per heavy atom. The monoisotopic (exact) mass is 231 g/mol. The van der Waals surface area contributed by atoms with Crippen LogP contribution in [-0.4, -0.2) is 11.1 Å². The molecule has 3 N–H and O–H groups in total. The molecule has 0 saturated heterocycles. The minimum absolute atomic E-state index is 0.0280. The van der Waals surface area contributed by atoms with Crippen LogP contribution in [0.3, 0.4) is 0 Å². The second-order valence-corrected chi connectivity index (χ2v) is 3.02. The molecule has 0 heterocycles. The third kappa shape index (κ3) is 3.01. The smallest absolute Gasteiger partial charge is 0.417 e. The summed E-state index contributed by atoms with van der Waals surface area (Å²) < 4.78 is 37.5. The van der Waals surface area contributed by atoms with Crippen LogP contribution in [0.25, 0.3) is 6.08 Å². The summed E-state index contributed by atoms with van der Waals surface area (Å²) in [5.41, 5.74) is 4.03. The van der Waals surface area contributed by atoms with Gasteiger partial charge in [0.2, 0.25) is 0 Å². The first-order valence-electron chi connectivity index (χ1n) is 4.18. The van der Waals surface area contributed by atoms with Crippen LogP contribution in [0.4, 0.5) is 18.9 Å². The Morgan fingerprint density at radius 1 is 1.38 bits per heavy atom. The molecule has 0 bridgehead atoms. The molecule has 3 nitrogen and oxygen atoms in total. The summed E-state index contributed by atoms with van der Waals surface area (Å²) in [4.78, 5) is 10.2. The Labute approximate surface area is 89.0 Å². The first kappa shape index (κ1) is 12.1. The summed E-state index contributed by atoms with van der Waals surface area (Å²) in [5, 5.41) is 8.33. The van der Waals surface area contributed by atoms with Crippen molar-refractivity contribution in [3.05, 3.63) is 35.4 Å². The maximum absolute atomic E-state index is 12.5. The highest BCUT2D eigenvalue weighted by atomic mass is 19.4. The Balaban J connectivity index is 3.23. The lowest BCUT2D eigenvalue weighted by Gasteiger charge is -2.10. The van der Waals surface area contributed by atoms with Gasteiger partial charge in [0.05, 0.1) is 5.56 Å². The van der Waals surface area contributed by atoms with Gasteiger partial charge in [0.15, 0.2) is 0 Å². The fraction of sp³-hybridized carbons (Fsp3) is 0.100. The SMILES string of the molecule is Nc1ccc(C=CC(=O)O)c(C(F)(F)F)c1. The largest absolute Gasteiger partial charge is 0.478 e. The van der Waals surface area contributed by atoms with Gasteiger partial charge in [0.1, 0.15) is 0 Å². The number of alkyl halides is 3. The van der Waals surface area contributed by atoms with E-state index < -0.39 is 17.7 Å². The Morgan fingerprint density at radius 2 is 2.00 bits per heavy atom. The number of carboxylic acids is 1. The van der Waals surface area contributed by atoms with Gasteiger partial charge in [-0.2, -0.15) is 13.2 Å². The number of carbonyl (C=O) groups is 1. The maximum atomic E-state index is 12.5. The molecule has 1 aromatic carbocycles. The second-order valence-electron chi connectivity index (χ2n) is 3.02. The Kier molecular flexibility index (Phi) is 3.22. The van der Waals surface area contributed by atoms with Crippen molar-refractivity contribution in [1.29, 1.82) is 0 Å². The quantitative estimate of drug-likeness (QED) is 0.606. The van der Waals surface area contributed by atoms with Crippen LogP contribution in [0.5, 0.6) is 0 Å². The summed E-state index contributed by atoms with van der Waals surface area (Å²) in [6, 6.07) is 3.16. The van der Waals surface area contributed by atoms with Crippen molar-refractivity contribution in [2.24, 2.45) is 0 Å². The van der Waals surface area contributed by atoms with Crippen LogP contribution in [-0.2, 0) is 11.0 Å². The first-order chi connectivity index (χ1) is 7.30. The number of carboxylic acid groups (broad SMARTS) is 1. The van der Waals surface area contributed by atoms with Crippen molar-refractivity contribution in [3.63, 3.8) is 0 Å². The van der Waals surface area contributed by atoms with Crippen molar-refractivity contribution in [2.75, 3.05) is 5.73 Å². The highest BCUT2D eigenvalue weighted by Crippen LogP contribution is 2.33. The van der Waals surface area contributed by atoms with Crippen molar-refractivity contribution in [2.45, 2.75) is 6.18 Å². The number of nitrogen functional groups attached to an aromatic ring is 1. The molecule has 6 heteroatoms. The van der Waals surface area contributed by atoms with E-state index in [1.165, 1.54) is 6.07 Å². The van der Waals surface area contributed by atoms with Gasteiger partial charge in [-0.05, 0) is 23.8 Å². The molecule has 0 atom stereocenters. The zero-order valence-electron chi connectivity index (χ0n) is 7.95. The molecule has 0 fully saturated rings. The van der Waals surface area contributed by atoms with Crippen molar-refractivity contribution in [1.82, 2.24) is 0 Å². The van der Waals surface area contributed by atoms with Crippen molar-refractivity contribution < 1.29 is 23.1 Å². The molecule has 86 valence electrons. The van der Waals surface area contributed by atoms with Gasteiger partial charge in [-0.3, -0.25) is 0 Å². The van der Waals surface area contributed by atoms with Gasteiger partial charge < -0.3 is 10.8 Å². The van der Waals surface area contributed by atoms with E-state index in [1.54, 1.807) is 0 Å². The van der Waals surface area contributed by atoms with E-state index in [1.807, 2.05) is 0 Å². The fourth-order valence-corrected chi connectivity index (χ4v) is 1.13. The van der Waals surface area contributed by atoms with E-state index >= 15 is 0 Å². The van der Waals surface area contributed by atoms with E-state index in [9.17, 15) is 18.0 Å².